The molecule has 0 bridgehead atoms. The molecule has 0 aromatic heterocycles. The molecule has 70 valence electrons. The lowest BCUT2D eigenvalue weighted by molar-refractivity contribution is -0.388. The number of nitro benzene ring substituents is 1. The molecule has 1 aromatic carbocycles. The van der Waals surface area contributed by atoms with Crippen LogP contribution in [-0.4, -0.2) is 15.8 Å². The van der Waals surface area contributed by atoms with Crippen LogP contribution in [0.5, 0.6) is 5.75 Å². The third-order valence-electron chi connectivity index (χ3n) is 1.46. The maximum absolute atomic E-state index is 10.5. The van der Waals surface area contributed by atoms with Crippen LogP contribution in [0.2, 0.25) is 0 Å². The Bertz CT molecular complexity index is 327. The van der Waals surface area contributed by atoms with Crippen LogP contribution < -0.4 is 0 Å². The number of aromatic hydroxyl groups is 1. The third-order valence-corrected chi connectivity index (χ3v) is 2.39. The molecule has 1 N–H and O–H groups in total. The number of phenolic OH excluding ortho intramolecular Hbond substituents is 1. The Morgan fingerprint density at radius 1 is 1.62 bits per heavy atom. The minimum Gasteiger partial charge on any atom is -0.502 e. The predicted molar refractivity (Wildman–Crippen MR) is 51.2 cm³/mol. The molecule has 0 atom stereocenters. The number of thioether (sulfide) groups is 1. The maximum Gasteiger partial charge on any atom is 0.324 e. The first-order valence-corrected chi connectivity index (χ1v) is 4.74. The van der Waals surface area contributed by atoms with Gasteiger partial charge in [-0.15, -0.1) is 11.8 Å². The topological polar surface area (TPSA) is 63.4 Å². The van der Waals surface area contributed by atoms with Crippen LogP contribution in [0.3, 0.4) is 0 Å². The van der Waals surface area contributed by atoms with Gasteiger partial charge in [-0.25, -0.2) is 0 Å². The SMILES string of the molecule is CCSc1cccc(O)c1[N+](=O)[O-]. The van der Waals surface area contributed by atoms with E-state index < -0.39 is 4.92 Å². The quantitative estimate of drug-likeness (QED) is 0.461. The molecule has 0 saturated heterocycles. The molecule has 1 rings (SSSR count). The van der Waals surface area contributed by atoms with Gasteiger partial charge in [0.15, 0.2) is 5.75 Å². The van der Waals surface area contributed by atoms with Crippen molar-refractivity contribution in [1.29, 1.82) is 0 Å². The molecular weight excluding hydrogens is 190 g/mol. The van der Waals surface area contributed by atoms with Gasteiger partial charge in [-0.2, -0.15) is 0 Å². The summed E-state index contributed by atoms with van der Waals surface area (Å²) in [5.74, 6) is 0.466. The molecule has 1 aromatic rings. The first-order chi connectivity index (χ1) is 6.16. The van der Waals surface area contributed by atoms with Gasteiger partial charge >= 0.3 is 5.69 Å². The molecule has 0 amide bonds. The Hall–Kier alpha value is -1.23. The summed E-state index contributed by atoms with van der Waals surface area (Å²) in [7, 11) is 0. The monoisotopic (exact) mass is 199 g/mol. The average molecular weight is 199 g/mol. The van der Waals surface area contributed by atoms with Crippen molar-refractivity contribution < 1.29 is 10.0 Å². The van der Waals surface area contributed by atoms with Gasteiger partial charge in [0, 0.05) is 0 Å². The molecule has 0 heterocycles. The lowest BCUT2D eigenvalue weighted by atomic mass is 10.3. The fraction of sp³-hybridized carbons (Fsp3) is 0.250. The highest BCUT2D eigenvalue weighted by atomic mass is 32.2. The maximum atomic E-state index is 10.5. The Morgan fingerprint density at radius 2 is 2.31 bits per heavy atom. The summed E-state index contributed by atoms with van der Waals surface area (Å²) in [5, 5.41) is 19.8. The lowest BCUT2D eigenvalue weighted by Crippen LogP contribution is -1.91. The molecule has 0 aliphatic carbocycles. The molecule has 5 heteroatoms. The van der Waals surface area contributed by atoms with Gasteiger partial charge in [0.2, 0.25) is 0 Å². The van der Waals surface area contributed by atoms with E-state index in [1.54, 1.807) is 12.1 Å². The number of benzene rings is 1. The summed E-state index contributed by atoms with van der Waals surface area (Å²) < 4.78 is 0. The second kappa shape index (κ2) is 4.13. The minimum absolute atomic E-state index is 0.200. The fourth-order valence-electron chi connectivity index (χ4n) is 0.966. The van der Waals surface area contributed by atoms with Crippen molar-refractivity contribution in [3.05, 3.63) is 28.3 Å². The summed E-state index contributed by atoms with van der Waals surface area (Å²) in [5.41, 5.74) is -0.200. The van der Waals surface area contributed by atoms with Gasteiger partial charge in [0.05, 0.1) is 9.82 Å². The molecular formula is C8H9NO3S. The van der Waals surface area contributed by atoms with E-state index in [2.05, 4.69) is 0 Å². The Balaban J connectivity index is 3.17. The first kappa shape index (κ1) is 9.85. The van der Waals surface area contributed by atoms with Crippen LogP contribution >= 0.6 is 11.8 Å². The van der Waals surface area contributed by atoms with E-state index in [4.69, 9.17) is 0 Å². The van der Waals surface area contributed by atoms with Crippen LogP contribution in [0.4, 0.5) is 5.69 Å². The summed E-state index contributed by atoms with van der Waals surface area (Å²) in [6.07, 6.45) is 0. The standard InChI is InChI=1S/C8H9NO3S/c1-2-13-7-5-3-4-6(10)8(7)9(11)12/h3-5,10H,2H2,1H3. The highest BCUT2D eigenvalue weighted by molar-refractivity contribution is 7.99. The smallest absolute Gasteiger partial charge is 0.324 e. The lowest BCUT2D eigenvalue weighted by Gasteiger charge is -2.01. The van der Waals surface area contributed by atoms with E-state index >= 15 is 0 Å². The van der Waals surface area contributed by atoms with Crippen LogP contribution in [0.25, 0.3) is 0 Å². The van der Waals surface area contributed by atoms with E-state index in [1.165, 1.54) is 17.8 Å². The van der Waals surface area contributed by atoms with Gasteiger partial charge in [0.25, 0.3) is 0 Å². The number of para-hydroxylation sites is 1. The zero-order valence-electron chi connectivity index (χ0n) is 7.06. The van der Waals surface area contributed by atoms with Crippen molar-refractivity contribution >= 4 is 17.4 Å². The predicted octanol–water partition coefficient (Wildman–Crippen LogP) is 2.41. The zero-order chi connectivity index (χ0) is 9.84. The molecule has 0 aliphatic rings. The van der Waals surface area contributed by atoms with Crippen LogP contribution in [0.15, 0.2) is 23.1 Å². The highest BCUT2D eigenvalue weighted by Gasteiger charge is 2.18. The molecule has 0 saturated carbocycles. The van der Waals surface area contributed by atoms with Crippen LogP contribution in [0, 0.1) is 10.1 Å². The van der Waals surface area contributed by atoms with Crippen molar-refractivity contribution in [2.45, 2.75) is 11.8 Å². The fourth-order valence-corrected chi connectivity index (χ4v) is 1.77. The number of nitro groups is 1. The second-order valence-electron chi connectivity index (χ2n) is 2.31. The normalized spacial score (nSPS) is 9.92. The van der Waals surface area contributed by atoms with Gasteiger partial charge in [-0.1, -0.05) is 13.0 Å². The van der Waals surface area contributed by atoms with Gasteiger partial charge < -0.3 is 5.11 Å². The Morgan fingerprint density at radius 3 is 2.85 bits per heavy atom. The van der Waals surface area contributed by atoms with Gasteiger partial charge in [-0.3, -0.25) is 10.1 Å². The third kappa shape index (κ3) is 2.12. The molecule has 0 spiro atoms. The summed E-state index contributed by atoms with van der Waals surface area (Å²) in [4.78, 5) is 10.5. The minimum atomic E-state index is -0.562. The van der Waals surface area contributed by atoms with E-state index in [-0.39, 0.29) is 11.4 Å². The van der Waals surface area contributed by atoms with Crippen molar-refractivity contribution in [2.24, 2.45) is 0 Å². The van der Waals surface area contributed by atoms with Crippen molar-refractivity contribution in [2.75, 3.05) is 5.75 Å². The molecule has 0 radical (unpaired) electrons. The first-order valence-electron chi connectivity index (χ1n) is 3.76. The molecule has 4 nitrogen and oxygen atoms in total. The summed E-state index contributed by atoms with van der Waals surface area (Å²) >= 11 is 1.34. The van der Waals surface area contributed by atoms with E-state index in [0.29, 0.717) is 4.90 Å². The van der Waals surface area contributed by atoms with Crippen molar-refractivity contribution in [1.82, 2.24) is 0 Å². The van der Waals surface area contributed by atoms with Crippen molar-refractivity contribution in [3.63, 3.8) is 0 Å². The second-order valence-corrected chi connectivity index (χ2v) is 3.62. The van der Waals surface area contributed by atoms with Crippen LogP contribution in [0.1, 0.15) is 6.92 Å². The molecule has 0 unspecified atom stereocenters. The Labute approximate surface area is 79.7 Å². The van der Waals surface area contributed by atoms with Gasteiger partial charge in [0.1, 0.15) is 0 Å². The average Bonchev–Trinajstić information content (AvgIpc) is 2.04. The number of rotatable bonds is 3. The van der Waals surface area contributed by atoms with Crippen LogP contribution in [-0.2, 0) is 0 Å². The number of hydrogen-bond acceptors (Lipinski definition) is 4. The van der Waals surface area contributed by atoms with Gasteiger partial charge in [-0.05, 0) is 17.9 Å². The van der Waals surface area contributed by atoms with E-state index in [9.17, 15) is 15.2 Å². The number of hydrogen-bond donors (Lipinski definition) is 1. The zero-order valence-corrected chi connectivity index (χ0v) is 7.87. The Kier molecular flexibility index (Phi) is 3.13. The number of nitrogens with zero attached hydrogens (tertiary/aromatic N) is 1. The summed E-state index contributed by atoms with van der Waals surface area (Å²) in [6, 6.07) is 4.55. The van der Waals surface area contributed by atoms with E-state index in [0.717, 1.165) is 5.75 Å². The number of phenols is 1. The molecule has 13 heavy (non-hydrogen) atoms. The molecule has 0 aliphatic heterocycles. The highest BCUT2D eigenvalue weighted by Crippen LogP contribution is 2.35. The van der Waals surface area contributed by atoms with E-state index in [1.807, 2.05) is 6.92 Å². The summed E-state index contributed by atoms with van der Waals surface area (Å²) in [6.45, 7) is 1.90. The molecule has 0 fully saturated rings. The van der Waals surface area contributed by atoms with Crippen molar-refractivity contribution in [3.8, 4) is 5.75 Å². The largest absolute Gasteiger partial charge is 0.502 e.